The lowest BCUT2D eigenvalue weighted by molar-refractivity contribution is -0.130. The Morgan fingerprint density at radius 3 is 2.49 bits per heavy atom. The van der Waals surface area contributed by atoms with Crippen molar-refractivity contribution in [3.63, 3.8) is 0 Å². The molecule has 13 heteroatoms. The van der Waals surface area contributed by atoms with Crippen LogP contribution < -0.4 is 5.32 Å². The number of thiazole rings is 1. The molecular weight excluding hydrogens is 518 g/mol. The van der Waals surface area contributed by atoms with Crippen molar-refractivity contribution in [1.82, 2.24) is 14.8 Å². The summed E-state index contributed by atoms with van der Waals surface area (Å²) in [4.78, 5) is 39.4. The van der Waals surface area contributed by atoms with Gasteiger partial charge in [-0.2, -0.15) is 0 Å². The van der Waals surface area contributed by atoms with Gasteiger partial charge >= 0.3 is 0 Å². The zero-order valence-corrected chi connectivity index (χ0v) is 22.4. The van der Waals surface area contributed by atoms with Crippen LogP contribution in [0, 0.1) is 0 Å². The maximum atomic E-state index is 13.1. The van der Waals surface area contributed by atoms with Gasteiger partial charge in [0.05, 0.1) is 16.8 Å². The number of oxime groups is 1. The Hall–Kier alpha value is -2.87. The van der Waals surface area contributed by atoms with Gasteiger partial charge in [-0.3, -0.25) is 19.8 Å². The molecule has 2 aromatic rings. The molecule has 0 radical (unpaired) electrons. The van der Waals surface area contributed by atoms with Crippen LogP contribution in [0.4, 0.5) is 5.13 Å². The molecule has 2 heterocycles. The van der Waals surface area contributed by atoms with Crippen molar-refractivity contribution in [2.24, 2.45) is 5.16 Å². The molecule has 1 saturated carbocycles. The quantitative estimate of drug-likeness (QED) is 0.335. The molecule has 1 aromatic heterocycles. The predicted molar refractivity (Wildman–Crippen MR) is 139 cm³/mol. The van der Waals surface area contributed by atoms with Crippen molar-refractivity contribution >= 4 is 43.8 Å². The van der Waals surface area contributed by atoms with Crippen LogP contribution in [-0.2, 0) is 30.8 Å². The summed E-state index contributed by atoms with van der Waals surface area (Å²) in [5, 5.41) is 16.0. The molecule has 0 unspecified atom stereocenters. The molecule has 1 aliphatic carbocycles. The summed E-state index contributed by atoms with van der Waals surface area (Å²) in [5.41, 5.74) is 0.310. The Kier molecular flexibility index (Phi) is 8.57. The van der Waals surface area contributed by atoms with E-state index in [1.54, 1.807) is 20.0 Å². The second-order valence-corrected chi connectivity index (χ2v) is 12.5. The van der Waals surface area contributed by atoms with Gasteiger partial charge in [0.15, 0.2) is 20.7 Å². The first kappa shape index (κ1) is 27.2. The number of hydrogen-bond acceptors (Lipinski definition) is 10. The number of carbonyl (C=O) groups is 2. The third kappa shape index (κ3) is 6.92. The Bertz CT molecular complexity index is 1250. The van der Waals surface area contributed by atoms with Gasteiger partial charge in [0.1, 0.15) is 6.10 Å². The highest BCUT2D eigenvalue weighted by Gasteiger charge is 2.36. The minimum Gasteiger partial charge on any atom is -0.392 e. The first-order valence-corrected chi connectivity index (χ1v) is 14.5. The normalized spacial score (nSPS) is 17.9. The lowest BCUT2D eigenvalue weighted by atomic mass is 10.1. The fourth-order valence-electron chi connectivity index (χ4n) is 3.81. The second-order valence-electron chi connectivity index (χ2n) is 9.18. The summed E-state index contributed by atoms with van der Waals surface area (Å²) in [6.45, 7) is 6.46. The van der Waals surface area contributed by atoms with Gasteiger partial charge in [-0.15, -0.1) is 11.3 Å². The van der Waals surface area contributed by atoms with E-state index in [0.717, 1.165) is 18.0 Å². The van der Waals surface area contributed by atoms with Crippen LogP contribution >= 0.6 is 11.3 Å². The Labute approximate surface area is 220 Å². The van der Waals surface area contributed by atoms with E-state index in [4.69, 9.17) is 4.84 Å². The van der Waals surface area contributed by atoms with E-state index >= 15 is 0 Å². The van der Waals surface area contributed by atoms with Gasteiger partial charge in [0.25, 0.3) is 5.91 Å². The highest BCUT2D eigenvalue weighted by atomic mass is 32.2. The fraction of sp³-hybridized carbons (Fsp3) is 0.500. The van der Waals surface area contributed by atoms with E-state index in [1.165, 1.54) is 35.6 Å². The second kappa shape index (κ2) is 11.7. The molecule has 2 fully saturated rings. The third-order valence-electron chi connectivity index (χ3n) is 6.19. The van der Waals surface area contributed by atoms with Gasteiger partial charge in [0, 0.05) is 56.3 Å². The van der Waals surface area contributed by atoms with Crippen molar-refractivity contribution in [3.8, 4) is 0 Å². The molecule has 4 rings (SSSR count). The zero-order chi connectivity index (χ0) is 26.6. The molecule has 1 aliphatic heterocycles. The average molecular weight is 550 g/mol. The molecule has 0 spiro atoms. The molecule has 1 atom stereocenters. The van der Waals surface area contributed by atoms with Crippen LogP contribution in [0.5, 0.6) is 0 Å². The molecule has 11 nitrogen and oxygen atoms in total. The highest BCUT2D eigenvalue weighted by Crippen LogP contribution is 2.33. The van der Waals surface area contributed by atoms with E-state index in [1.807, 2.05) is 4.90 Å². The number of benzene rings is 1. The average Bonchev–Trinajstić information content (AvgIpc) is 3.67. The maximum Gasteiger partial charge on any atom is 0.280 e. The number of hydrogen-bond donors (Lipinski definition) is 2. The first-order valence-electron chi connectivity index (χ1n) is 12.1. The Morgan fingerprint density at radius 1 is 1.22 bits per heavy atom. The molecule has 200 valence electrons. The van der Waals surface area contributed by atoms with Crippen molar-refractivity contribution in [2.75, 3.05) is 38.1 Å². The number of amides is 2. The number of aliphatic hydroxyl groups is 1. The van der Waals surface area contributed by atoms with E-state index in [-0.39, 0.29) is 28.4 Å². The number of aromatic nitrogens is 1. The molecule has 0 bridgehead atoms. The summed E-state index contributed by atoms with van der Waals surface area (Å²) < 4.78 is 25.0. The van der Waals surface area contributed by atoms with E-state index < -0.39 is 21.8 Å². The van der Waals surface area contributed by atoms with E-state index in [2.05, 4.69) is 20.4 Å². The molecule has 1 saturated heterocycles. The lowest BCUT2D eigenvalue weighted by Gasteiger charge is -2.33. The number of sulfone groups is 1. The van der Waals surface area contributed by atoms with Crippen LogP contribution in [0.25, 0.3) is 0 Å². The summed E-state index contributed by atoms with van der Waals surface area (Å²) in [7, 11) is -3.36. The number of nitrogens with one attached hydrogen (secondary N) is 1. The SMILES string of the molecule is CC(=O)N1CCN(Cc2cnc(NC(=O)/C(=N/O[C@H](C)CO)c3ccc(S(=O)(=O)C4CC4)cc3)s2)CC1. The van der Waals surface area contributed by atoms with Crippen molar-refractivity contribution in [1.29, 1.82) is 0 Å². The van der Waals surface area contributed by atoms with Crippen molar-refractivity contribution < 1.29 is 28.0 Å². The van der Waals surface area contributed by atoms with Gasteiger partial charge in [-0.1, -0.05) is 17.3 Å². The van der Waals surface area contributed by atoms with Crippen molar-refractivity contribution in [3.05, 3.63) is 40.9 Å². The fourth-order valence-corrected chi connectivity index (χ4v) is 6.32. The molecule has 2 N–H and O–H groups in total. The minimum absolute atomic E-state index is 0.0622. The molecule has 2 amide bonds. The Balaban J connectivity index is 1.44. The predicted octanol–water partition coefficient (Wildman–Crippen LogP) is 1.48. The summed E-state index contributed by atoms with van der Waals surface area (Å²) in [6.07, 6.45) is 2.40. The summed E-state index contributed by atoms with van der Waals surface area (Å²) in [5.74, 6) is -0.490. The lowest BCUT2D eigenvalue weighted by Crippen LogP contribution is -2.47. The Morgan fingerprint density at radius 2 is 1.89 bits per heavy atom. The largest absolute Gasteiger partial charge is 0.392 e. The number of anilines is 1. The minimum atomic E-state index is -3.36. The van der Waals surface area contributed by atoms with Crippen LogP contribution in [0.3, 0.4) is 0 Å². The summed E-state index contributed by atoms with van der Waals surface area (Å²) >= 11 is 1.34. The first-order chi connectivity index (χ1) is 17.7. The monoisotopic (exact) mass is 549 g/mol. The standard InChI is InChI=1S/C24H31N5O6S2/c1-16(15-30)35-27-22(18-3-5-20(6-4-18)37(33,34)21-7-8-21)23(32)26-24-25-13-19(36-24)14-28-9-11-29(12-10-28)17(2)31/h3-6,13,16,21,30H,7-12,14-15H2,1-2H3,(H,25,26,32)/b27-22+/t16-/m1/s1. The number of piperazine rings is 1. The molecular formula is C24H31N5O6S2. The summed E-state index contributed by atoms with van der Waals surface area (Å²) in [6, 6.07) is 5.98. The highest BCUT2D eigenvalue weighted by molar-refractivity contribution is 7.92. The number of aliphatic hydroxyl groups excluding tert-OH is 1. The van der Waals surface area contributed by atoms with Crippen LogP contribution in [0.15, 0.2) is 40.5 Å². The maximum absolute atomic E-state index is 13.1. The van der Waals surface area contributed by atoms with Gasteiger partial charge in [-0.25, -0.2) is 13.4 Å². The smallest absolute Gasteiger partial charge is 0.280 e. The van der Waals surface area contributed by atoms with Crippen LogP contribution in [0.2, 0.25) is 0 Å². The topological polar surface area (TPSA) is 142 Å². The molecule has 2 aliphatic rings. The number of nitrogens with zero attached hydrogens (tertiary/aromatic N) is 4. The van der Waals surface area contributed by atoms with Gasteiger partial charge < -0.3 is 14.8 Å². The van der Waals surface area contributed by atoms with E-state index in [0.29, 0.717) is 43.2 Å². The third-order valence-corrected chi connectivity index (χ3v) is 9.36. The van der Waals surface area contributed by atoms with E-state index in [9.17, 15) is 23.1 Å². The molecule has 37 heavy (non-hydrogen) atoms. The van der Waals surface area contributed by atoms with Crippen molar-refractivity contribution in [2.45, 2.75) is 49.5 Å². The van der Waals surface area contributed by atoms with Gasteiger partial charge in [0.2, 0.25) is 5.91 Å². The zero-order valence-electron chi connectivity index (χ0n) is 20.8. The van der Waals surface area contributed by atoms with Crippen LogP contribution in [0.1, 0.15) is 37.1 Å². The number of rotatable bonds is 10. The number of carbonyl (C=O) groups excluding carboxylic acids is 2. The van der Waals surface area contributed by atoms with Gasteiger partial charge in [-0.05, 0) is 31.9 Å². The molecule has 1 aromatic carbocycles. The van der Waals surface area contributed by atoms with Crippen LogP contribution in [-0.4, -0.2) is 90.0 Å².